The molecule has 0 bridgehead atoms. The van der Waals surface area contributed by atoms with E-state index in [1.54, 1.807) is 6.92 Å². The molecule has 0 amide bonds. The lowest BCUT2D eigenvalue weighted by molar-refractivity contribution is -0.119. The molecule has 12 heavy (non-hydrogen) atoms. The zero-order valence-corrected chi connectivity index (χ0v) is 8.04. The molecule has 1 aliphatic rings. The lowest BCUT2D eigenvalue weighted by Gasteiger charge is -2.20. The van der Waals surface area contributed by atoms with Gasteiger partial charge in [-0.1, -0.05) is 5.92 Å². The third-order valence-electron chi connectivity index (χ3n) is 1.75. The monoisotopic (exact) mass is 183 g/mol. The van der Waals surface area contributed by atoms with Crippen LogP contribution in [0, 0.1) is 11.8 Å². The van der Waals surface area contributed by atoms with Gasteiger partial charge >= 0.3 is 0 Å². The second kappa shape index (κ2) is 5.23. The topological polar surface area (TPSA) is 29.1 Å². The van der Waals surface area contributed by atoms with Crippen molar-refractivity contribution in [1.29, 1.82) is 0 Å². The van der Waals surface area contributed by atoms with Gasteiger partial charge in [-0.3, -0.25) is 4.79 Å². The first-order valence-corrected chi connectivity index (χ1v) is 5.23. The largest absolute Gasteiger partial charge is 0.306 e. The van der Waals surface area contributed by atoms with Crippen LogP contribution in [-0.2, 0) is 4.79 Å². The molecule has 1 atom stereocenters. The predicted octanol–water partition coefficient (Wildman–Crippen LogP) is 0.674. The molecule has 3 heteroatoms. The number of Topliss-reactive ketones (excluding diaryl/α,β-unsaturated/α-hetero) is 1. The van der Waals surface area contributed by atoms with Gasteiger partial charge in [0.2, 0.25) is 0 Å². The molecule has 1 rings (SSSR count). The number of hydrogen-bond acceptors (Lipinski definition) is 3. The van der Waals surface area contributed by atoms with E-state index in [0.29, 0.717) is 6.42 Å². The number of nitrogens with one attached hydrogen (secondary N) is 1. The standard InChI is InChI=1S/C9H13NOS/c1-2-3-4-9(11)8-7-12-6-5-10-8/h8,10H,4-7H2,1H3. The van der Waals surface area contributed by atoms with E-state index in [4.69, 9.17) is 0 Å². The van der Waals surface area contributed by atoms with Gasteiger partial charge in [-0.25, -0.2) is 0 Å². The Balaban J connectivity index is 2.33. The van der Waals surface area contributed by atoms with Crippen molar-refractivity contribution in [3.8, 4) is 11.8 Å². The average Bonchev–Trinajstić information content (AvgIpc) is 2.15. The van der Waals surface area contributed by atoms with Crippen molar-refractivity contribution in [3.05, 3.63) is 0 Å². The highest BCUT2D eigenvalue weighted by molar-refractivity contribution is 7.99. The molecule has 0 aromatic carbocycles. The van der Waals surface area contributed by atoms with Crippen molar-refractivity contribution in [2.75, 3.05) is 18.1 Å². The predicted molar refractivity (Wildman–Crippen MR) is 52.2 cm³/mol. The number of hydrogen-bond donors (Lipinski definition) is 1. The van der Waals surface area contributed by atoms with E-state index in [2.05, 4.69) is 17.2 Å². The molecule has 0 radical (unpaired) electrons. The van der Waals surface area contributed by atoms with Gasteiger partial charge in [0, 0.05) is 18.1 Å². The minimum atomic E-state index is 0.0459. The Morgan fingerprint density at radius 2 is 2.58 bits per heavy atom. The highest BCUT2D eigenvalue weighted by atomic mass is 32.2. The Morgan fingerprint density at radius 1 is 1.75 bits per heavy atom. The molecule has 0 aromatic rings. The zero-order chi connectivity index (χ0) is 8.81. The van der Waals surface area contributed by atoms with Crippen LogP contribution in [0.15, 0.2) is 0 Å². The summed E-state index contributed by atoms with van der Waals surface area (Å²) in [5, 5.41) is 3.19. The van der Waals surface area contributed by atoms with Crippen LogP contribution >= 0.6 is 11.8 Å². The Bertz CT molecular complexity index is 210. The molecule has 1 saturated heterocycles. The van der Waals surface area contributed by atoms with Crippen LogP contribution in [-0.4, -0.2) is 29.9 Å². The van der Waals surface area contributed by atoms with Gasteiger partial charge in [-0.2, -0.15) is 11.8 Å². The molecule has 66 valence electrons. The fraction of sp³-hybridized carbons (Fsp3) is 0.667. The second-order valence-electron chi connectivity index (χ2n) is 2.65. The van der Waals surface area contributed by atoms with E-state index in [9.17, 15) is 4.79 Å². The molecule has 1 aliphatic heterocycles. The van der Waals surface area contributed by atoms with Gasteiger partial charge in [0.1, 0.15) is 0 Å². The smallest absolute Gasteiger partial charge is 0.162 e. The number of ketones is 1. The summed E-state index contributed by atoms with van der Waals surface area (Å²) in [5.74, 6) is 7.78. The van der Waals surface area contributed by atoms with Gasteiger partial charge < -0.3 is 5.32 Å². The number of rotatable bonds is 2. The first-order valence-electron chi connectivity index (χ1n) is 4.08. The van der Waals surface area contributed by atoms with Crippen molar-refractivity contribution < 1.29 is 4.79 Å². The molecule has 1 heterocycles. The summed E-state index contributed by atoms with van der Waals surface area (Å²) in [4.78, 5) is 11.4. The molecule has 2 nitrogen and oxygen atoms in total. The van der Waals surface area contributed by atoms with Crippen molar-refractivity contribution in [1.82, 2.24) is 5.32 Å². The van der Waals surface area contributed by atoms with Gasteiger partial charge in [-0.15, -0.1) is 5.92 Å². The third-order valence-corrected chi connectivity index (χ3v) is 2.81. The first-order chi connectivity index (χ1) is 5.84. The molecule has 0 aliphatic carbocycles. The van der Waals surface area contributed by atoms with E-state index in [0.717, 1.165) is 18.1 Å². The lowest BCUT2D eigenvalue weighted by Crippen LogP contribution is -2.43. The van der Waals surface area contributed by atoms with Crippen LogP contribution < -0.4 is 5.32 Å². The normalized spacial score (nSPS) is 22.6. The van der Waals surface area contributed by atoms with E-state index in [1.807, 2.05) is 11.8 Å². The summed E-state index contributed by atoms with van der Waals surface area (Å²) in [6, 6.07) is 0.0459. The summed E-state index contributed by atoms with van der Waals surface area (Å²) in [6.45, 7) is 2.71. The molecule has 1 N–H and O–H groups in total. The highest BCUT2D eigenvalue weighted by Crippen LogP contribution is 2.08. The second-order valence-corrected chi connectivity index (χ2v) is 3.80. The summed E-state index contributed by atoms with van der Waals surface area (Å²) in [5.41, 5.74) is 0. The van der Waals surface area contributed by atoms with Crippen LogP contribution in [0.3, 0.4) is 0 Å². The maximum atomic E-state index is 11.4. The van der Waals surface area contributed by atoms with Crippen molar-refractivity contribution >= 4 is 17.5 Å². The Hall–Kier alpha value is -0.460. The van der Waals surface area contributed by atoms with Gasteiger partial charge in [0.15, 0.2) is 5.78 Å². The maximum absolute atomic E-state index is 11.4. The Labute approximate surface area is 77.5 Å². The van der Waals surface area contributed by atoms with Gasteiger partial charge in [0.05, 0.1) is 12.5 Å². The van der Waals surface area contributed by atoms with E-state index < -0.39 is 0 Å². The minimum absolute atomic E-state index is 0.0459. The zero-order valence-electron chi connectivity index (χ0n) is 7.22. The SMILES string of the molecule is CC#CCC(=O)C1CSCCN1. The molecule has 0 saturated carbocycles. The fourth-order valence-corrected chi connectivity index (χ4v) is 2.04. The summed E-state index contributed by atoms with van der Waals surface area (Å²) < 4.78 is 0. The van der Waals surface area contributed by atoms with Crippen LogP contribution in [0.1, 0.15) is 13.3 Å². The van der Waals surface area contributed by atoms with Crippen LogP contribution in [0.5, 0.6) is 0 Å². The molecule has 0 aromatic heterocycles. The summed E-state index contributed by atoms with van der Waals surface area (Å²) >= 11 is 1.83. The lowest BCUT2D eigenvalue weighted by atomic mass is 10.1. The molecular weight excluding hydrogens is 170 g/mol. The van der Waals surface area contributed by atoms with Gasteiger partial charge in [0.25, 0.3) is 0 Å². The molecule has 1 unspecified atom stereocenters. The third kappa shape index (κ3) is 2.88. The maximum Gasteiger partial charge on any atom is 0.162 e. The van der Waals surface area contributed by atoms with E-state index in [-0.39, 0.29) is 11.8 Å². The first kappa shape index (κ1) is 9.63. The van der Waals surface area contributed by atoms with Gasteiger partial charge in [-0.05, 0) is 6.92 Å². The Kier molecular flexibility index (Phi) is 4.20. The quantitative estimate of drug-likeness (QED) is 0.638. The fourth-order valence-electron chi connectivity index (χ4n) is 1.07. The van der Waals surface area contributed by atoms with Crippen LogP contribution in [0.2, 0.25) is 0 Å². The molecule has 0 spiro atoms. The summed E-state index contributed by atoms with van der Waals surface area (Å²) in [7, 11) is 0. The molecular formula is C9H13NOS. The van der Waals surface area contributed by atoms with Crippen molar-refractivity contribution in [2.24, 2.45) is 0 Å². The number of carbonyl (C=O) groups excluding carboxylic acids is 1. The highest BCUT2D eigenvalue weighted by Gasteiger charge is 2.19. The average molecular weight is 183 g/mol. The van der Waals surface area contributed by atoms with E-state index >= 15 is 0 Å². The minimum Gasteiger partial charge on any atom is -0.306 e. The Morgan fingerprint density at radius 3 is 3.17 bits per heavy atom. The van der Waals surface area contributed by atoms with E-state index in [1.165, 1.54) is 0 Å². The van der Waals surface area contributed by atoms with Crippen LogP contribution in [0.4, 0.5) is 0 Å². The number of thioether (sulfide) groups is 1. The number of carbonyl (C=O) groups is 1. The molecule has 1 fully saturated rings. The van der Waals surface area contributed by atoms with Crippen LogP contribution in [0.25, 0.3) is 0 Å². The van der Waals surface area contributed by atoms with Crippen molar-refractivity contribution in [3.63, 3.8) is 0 Å². The van der Waals surface area contributed by atoms with Crippen molar-refractivity contribution in [2.45, 2.75) is 19.4 Å². The summed E-state index contributed by atoms with van der Waals surface area (Å²) in [6.07, 6.45) is 0.398.